The van der Waals surface area contributed by atoms with E-state index in [0.717, 1.165) is 30.6 Å². The molecule has 1 aliphatic carbocycles. The third-order valence-corrected chi connectivity index (χ3v) is 6.84. The molecule has 2 amide bonds. The lowest BCUT2D eigenvalue weighted by Gasteiger charge is -2.28. The fraction of sp³-hybridized carbons (Fsp3) is 0.450. The zero-order valence-corrected chi connectivity index (χ0v) is 16.1. The molecule has 1 atom stereocenters. The van der Waals surface area contributed by atoms with Crippen molar-refractivity contribution in [2.75, 3.05) is 18.7 Å². The van der Waals surface area contributed by atoms with Gasteiger partial charge in [-0.05, 0) is 44.0 Å². The van der Waals surface area contributed by atoms with Gasteiger partial charge >= 0.3 is 6.03 Å². The summed E-state index contributed by atoms with van der Waals surface area (Å²) in [5.74, 6) is 1.33. The van der Waals surface area contributed by atoms with Gasteiger partial charge in [-0.2, -0.15) is 0 Å². The Labute approximate surface area is 162 Å². The van der Waals surface area contributed by atoms with Gasteiger partial charge in [-0.3, -0.25) is 0 Å². The maximum Gasteiger partial charge on any atom is 0.319 e. The summed E-state index contributed by atoms with van der Waals surface area (Å²) in [6, 6.07) is 9.23. The Kier molecular flexibility index (Phi) is 4.97. The van der Waals surface area contributed by atoms with Crippen LogP contribution in [-0.4, -0.2) is 24.5 Å². The van der Waals surface area contributed by atoms with Crippen LogP contribution in [0.15, 0.2) is 30.3 Å². The number of hydrogen-bond acceptors (Lipinski definition) is 5. The van der Waals surface area contributed by atoms with E-state index in [0.29, 0.717) is 23.7 Å². The Morgan fingerprint density at radius 1 is 1.22 bits per heavy atom. The van der Waals surface area contributed by atoms with Gasteiger partial charge in [-0.1, -0.05) is 12.8 Å². The third kappa shape index (κ3) is 3.75. The summed E-state index contributed by atoms with van der Waals surface area (Å²) in [6.45, 7) is 2.58. The number of ether oxygens (including phenoxy) is 2. The van der Waals surface area contributed by atoms with E-state index >= 15 is 0 Å². The molecule has 4 rings (SSSR count). The number of thiophene rings is 1. The lowest BCUT2D eigenvalue weighted by molar-refractivity contribution is 0.174. The zero-order chi connectivity index (χ0) is 18.9. The molecule has 7 heteroatoms. The molecule has 0 saturated heterocycles. The second-order valence-corrected chi connectivity index (χ2v) is 8.36. The molecule has 0 spiro atoms. The number of fused-ring (bicyclic) bond motifs is 1. The molecule has 1 aromatic carbocycles. The van der Waals surface area contributed by atoms with E-state index in [1.54, 1.807) is 36.5 Å². The number of amides is 2. The minimum absolute atomic E-state index is 0.0377. The van der Waals surface area contributed by atoms with Gasteiger partial charge in [0.2, 0.25) is 6.79 Å². The van der Waals surface area contributed by atoms with Crippen molar-refractivity contribution in [2.24, 2.45) is 0 Å². The van der Waals surface area contributed by atoms with Gasteiger partial charge in [0.05, 0.1) is 6.10 Å². The first kappa shape index (κ1) is 18.1. The lowest BCUT2D eigenvalue weighted by Crippen LogP contribution is -2.40. The number of urea groups is 1. The number of carbonyl (C=O) groups is 1. The number of nitrogens with one attached hydrogen (secondary N) is 2. The molecule has 2 aliphatic rings. The van der Waals surface area contributed by atoms with Crippen molar-refractivity contribution in [1.29, 1.82) is 0 Å². The van der Waals surface area contributed by atoms with Crippen LogP contribution in [0.2, 0.25) is 0 Å². The first-order valence-corrected chi connectivity index (χ1v) is 10.1. The Hall–Kier alpha value is -2.25. The van der Waals surface area contributed by atoms with Crippen molar-refractivity contribution in [1.82, 2.24) is 5.32 Å². The van der Waals surface area contributed by atoms with Crippen molar-refractivity contribution >= 4 is 23.1 Å². The van der Waals surface area contributed by atoms with Gasteiger partial charge < -0.3 is 25.2 Å². The van der Waals surface area contributed by atoms with Crippen LogP contribution >= 0.6 is 11.3 Å². The van der Waals surface area contributed by atoms with E-state index in [1.807, 2.05) is 6.07 Å². The summed E-state index contributed by atoms with van der Waals surface area (Å²) in [7, 11) is 0. The number of hydrogen-bond donors (Lipinski definition) is 3. The van der Waals surface area contributed by atoms with Crippen LogP contribution < -0.4 is 20.1 Å². The minimum atomic E-state index is -0.454. The number of benzene rings is 1. The Balaban J connectivity index is 1.41. The second kappa shape index (κ2) is 7.40. The molecule has 1 saturated carbocycles. The number of rotatable bonds is 5. The summed E-state index contributed by atoms with van der Waals surface area (Å²) in [4.78, 5) is 14.6. The van der Waals surface area contributed by atoms with Crippen LogP contribution in [0.25, 0.3) is 0 Å². The molecule has 0 unspecified atom stereocenters. The SMILES string of the molecule is C[C@@H](O)c1ccc(C2(CNC(=O)Nc3ccc4c(c3)OCO4)CCCC2)s1. The normalized spacial score (nSPS) is 18.3. The molecule has 144 valence electrons. The quantitative estimate of drug-likeness (QED) is 0.718. The van der Waals surface area contributed by atoms with Crippen molar-refractivity contribution in [3.63, 3.8) is 0 Å². The maximum atomic E-state index is 12.4. The number of anilines is 1. The van der Waals surface area contributed by atoms with Gasteiger partial charge in [-0.25, -0.2) is 4.79 Å². The first-order valence-electron chi connectivity index (χ1n) is 9.29. The highest BCUT2D eigenvalue weighted by molar-refractivity contribution is 7.12. The molecule has 2 heterocycles. The van der Waals surface area contributed by atoms with Gasteiger partial charge in [-0.15, -0.1) is 11.3 Å². The first-order chi connectivity index (χ1) is 13.1. The smallest absolute Gasteiger partial charge is 0.319 e. The van der Waals surface area contributed by atoms with Crippen molar-refractivity contribution in [3.05, 3.63) is 40.1 Å². The van der Waals surface area contributed by atoms with E-state index in [1.165, 1.54) is 4.88 Å². The Morgan fingerprint density at radius 3 is 2.74 bits per heavy atom. The average molecular weight is 388 g/mol. The van der Waals surface area contributed by atoms with Crippen molar-refractivity contribution in [2.45, 2.75) is 44.1 Å². The molecule has 3 N–H and O–H groups in total. The molecule has 27 heavy (non-hydrogen) atoms. The molecule has 0 bridgehead atoms. The van der Waals surface area contributed by atoms with Gasteiger partial charge in [0.25, 0.3) is 0 Å². The summed E-state index contributed by atoms with van der Waals surface area (Å²) < 4.78 is 10.6. The van der Waals surface area contributed by atoms with E-state index in [4.69, 9.17) is 9.47 Å². The van der Waals surface area contributed by atoms with Gasteiger partial charge in [0, 0.05) is 33.5 Å². The largest absolute Gasteiger partial charge is 0.454 e. The van der Waals surface area contributed by atoms with Crippen LogP contribution in [0.4, 0.5) is 10.5 Å². The van der Waals surface area contributed by atoms with Crippen LogP contribution in [0.3, 0.4) is 0 Å². The summed E-state index contributed by atoms with van der Waals surface area (Å²) in [5, 5.41) is 15.7. The predicted molar refractivity (Wildman–Crippen MR) is 105 cm³/mol. The molecular weight excluding hydrogens is 364 g/mol. The predicted octanol–water partition coefficient (Wildman–Crippen LogP) is 4.16. The molecular formula is C20H24N2O4S. The minimum Gasteiger partial charge on any atom is -0.454 e. The second-order valence-electron chi connectivity index (χ2n) is 7.24. The average Bonchev–Trinajstić information content (AvgIpc) is 3.39. The topological polar surface area (TPSA) is 79.8 Å². The molecule has 0 radical (unpaired) electrons. The van der Waals surface area contributed by atoms with E-state index in [-0.39, 0.29) is 18.2 Å². The van der Waals surface area contributed by atoms with Crippen LogP contribution in [0.1, 0.15) is 48.5 Å². The number of aliphatic hydroxyl groups excluding tert-OH is 1. The molecule has 6 nitrogen and oxygen atoms in total. The molecule has 2 aromatic rings. The van der Waals surface area contributed by atoms with E-state index in [9.17, 15) is 9.90 Å². The highest BCUT2D eigenvalue weighted by Gasteiger charge is 2.37. The standard InChI is InChI=1S/C20H24N2O4S/c1-13(23)17-6-7-18(27-17)20(8-2-3-9-20)11-21-19(24)22-14-4-5-15-16(10-14)26-12-25-15/h4-7,10,13,23H,2-3,8-9,11-12H2,1H3,(H2,21,22,24)/t13-/m1/s1. The third-order valence-electron chi connectivity index (χ3n) is 5.34. The van der Waals surface area contributed by atoms with Gasteiger partial charge in [0.15, 0.2) is 11.5 Å². The van der Waals surface area contributed by atoms with E-state index < -0.39 is 6.10 Å². The fourth-order valence-electron chi connectivity index (χ4n) is 3.82. The Bertz CT molecular complexity index is 827. The molecule has 1 aliphatic heterocycles. The monoisotopic (exact) mass is 388 g/mol. The highest BCUT2D eigenvalue weighted by atomic mass is 32.1. The van der Waals surface area contributed by atoms with E-state index in [2.05, 4.69) is 16.7 Å². The van der Waals surface area contributed by atoms with Crippen LogP contribution in [0, 0.1) is 0 Å². The number of aliphatic hydroxyl groups is 1. The van der Waals surface area contributed by atoms with Crippen LogP contribution in [0.5, 0.6) is 11.5 Å². The van der Waals surface area contributed by atoms with Crippen molar-refractivity contribution < 1.29 is 19.4 Å². The number of carbonyl (C=O) groups excluding carboxylic acids is 1. The lowest BCUT2D eigenvalue weighted by atomic mass is 9.84. The zero-order valence-electron chi connectivity index (χ0n) is 15.3. The summed E-state index contributed by atoms with van der Waals surface area (Å²) >= 11 is 1.65. The molecule has 1 fully saturated rings. The van der Waals surface area contributed by atoms with Gasteiger partial charge in [0.1, 0.15) is 0 Å². The molecule has 1 aromatic heterocycles. The summed E-state index contributed by atoms with van der Waals surface area (Å²) in [5.41, 5.74) is 0.633. The summed E-state index contributed by atoms with van der Waals surface area (Å²) in [6.07, 6.45) is 3.97. The van der Waals surface area contributed by atoms with Crippen LogP contribution in [-0.2, 0) is 5.41 Å². The maximum absolute atomic E-state index is 12.4. The van der Waals surface area contributed by atoms with Crippen molar-refractivity contribution in [3.8, 4) is 11.5 Å². The fourth-order valence-corrected chi connectivity index (χ4v) is 5.01. The Morgan fingerprint density at radius 2 is 2.00 bits per heavy atom. The highest BCUT2D eigenvalue weighted by Crippen LogP contribution is 2.44.